The fraction of sp³-hybridized carbons (Fsp3) is 0.308. The Morgan fingerprint density at radius 3 is 2.84 bits per heavy atom. The van der Waals surface area contributed by atoms with Crippen molar-refractivity contribution in [3.63, 3.8) is 0 Å². The Hall–Kier alpha value is -0.690. The predicted octanol–water partition coefficient (Wildman–Crippen LogP) is 3.99. The van der Waals surface area contributed by atoms with E-state index in [9.17, 15) is 4.79 Å². The summed E-state index contributed by atoms with van der Waals surface area (Å²) in [5, 5.41) is 4.06. The van der Waals surface area contributed by atoms with Crippen LogP contribution in [0.25, 0.3) is 0 Å². The number of esters is 1. The molecule has 2 heterocycles. The van der Waals surface area contributed by atoms with Gasteiger partial charge < -0.3 is 4.74 Å². The maximum Gasteiger partial charge on any atom is 0.348 e. The van der Waals surface area contributed by atoms with E-state index in [0.29, 0.717) is 4.88 Å². The largest absolute Gasteiger partial charge is 0.465 e. The normalized spacial score (nSPS) is 10.9. The van der Waals surface area contributed by atoms with E-state index in [-0.39, 0.29) is 5.97 Å². The highest BCUT2D eigenvalue weighted by Gasteiger charge is 2.15. The molecule has 19 heavy (non-hydrogen) atoms. The van der Waals surface area contributed by atoms with Crippen LogP contribution in [0.1, 0.15) is 20.8 Å². The first kappa shape index (κ1) is 14.7. The van der Waals surface area contributed by atoms with E-state index in [0.717, 1.165) is 22.4 Å². The van der Waals surface area contributed by atoms with Crippen molar-refractivity contribution in [2.24, 2.45) is 0 Å². The molecule has 0 bridgehead atoms. The van der Waals surface area contributed by atoms with E-state index in [2.05, 4.69) is 32.3 Å². The minimum absolute atomic E-state index is 0.253. The number of hydrogen-bond donors (Lipinski definition) is 0. The fourth-order valence-electron chi connectivity index (χ4n) is 1.82. The molecule has 0 amide bonds. The molecule has 0 spiro atoms. The van der Waals surface area contributed by atoms with Gasteiger partial charge in [0.15, 0.2) is 0 Å². The zero-order valence-corrected chi connectivity index (χ0v) is 13.9. The second kappa shape index (κ2) is 6.65. The fourth-order valence-corrected chi connectivity index (χ4v) is 3.85. The number of methoxy groups -OCH3 is 1. The van der Waals surface area contributed by atoms with Crippen LogP contribution in [0.4, 0.5) is 0 Å². The van der Waals surface area contributed by atoms with Crippen molar-refractivity contribution in [2.45, 2.75) is 13.1 Å². The molecule has 0 aromatic carbocycles. The van der Waals surface area contributed by atoms with Crippen molar-refractivity contribution in [1.29, 1.82) is 0 Å². The van der Waals surface area contributed by atoms with Gasteiger partial charge in [-0.25, -0.2) is 4.79 Å². The summed E-state index contributed by atoms with van der Waals surface area (Å²) < 4.78 is 5.93. The lowest BCUT2D eigenvalue weighted by molar-refractivity contribution is 0.0604. The highest BCUT2D eigenvalue weighted by Crippen LogP contribution is 2.23. The number of halogens is 1. The van der Waals surface area contributed by atoms with Crippen LogP contribution in [0.2, 0.25) is 0 Å². The summed E-state index contributed by atoms with van der Waals surface area (Å²) in [7, 11) is 3.46. The minimum atomic E-state index is -0.253. The highest BCUT2D eigenvalue weighted by molar-refractivity contribution is 9.11. The Bertz CT molecular complexity index is 564. The first-order valence-electron chi connectivity index (χ1n) is 5.66. The summed E-state index contributed by atoms with van der Waals surface area (Å²) >= 11 is 6.58. The summed E-state index contributed by atoms with van der Waals surface area (Å²) in [6, 6.07) is 4.10. The number of carbonyl (C=O) groups is 1. The third-order valence-corrected chi connectivity index (χ3v) is 5.12. The van der Waals surface area contributed by atoms with Crippen LogP contribution in [0.5, 0.6) is 0 Å². The zero-order valence-electron chi connectivity index (χ0n) is 10.7. The van der Waals surface area contributed by atoms with E-state index >= 15 is 0 Å². The second-order valence-electron chi connectivity index (χ2n) is 4.20. The van der Waals surface area contributed by atoms with Gasteiger partial charge in [0.1, 0.15) is 4.88 Å². The molecule has 2 aromatic heterocycles. The van der Waals surface area contributed by atoms with Crippen molar-refractivity contribution in [2.75, 3.05) is 14.2 Å². The van der Waals surface area contributed by atoms with E-state index in [1.54, 1.807) is 11.3 Å². The van der Waals surface area contributed by atoms with Gasteiger partial charge in [-0.1, -0.05) is 0 Å². The third-order valence-electron chi connectivity index (χ3n) is 2.63. The van der Waals surface area contributed by atoms with Gasteiger partial charge in [0.2, 0.25) is 0 Å². The van der Waals surface area contributed by atoms with Gasteiger partial charge in [0.25, 0.3) is 0 Å². The Kier molecular flexibility index (Phi) is 5.15. The van der Waals surface area contributed by atoms with Crippen LogP contribution in [0.3, 0.4) is 0 Å². The average molecular weight is 360 g/mol. The highest BCUT2D eigenvalue weighted by atomic mass is 79.9. The summed E-state index contributed by atoms with van der Waals surface area (Å²) in [5.74, 6) is -0.253. The molecule has 0 atom stereocenters. The Morgan fingerprint density at radius 2 is 2.21 bits per heavy atom. The topological polar surface area (TPSA) is 29.5 Å². The lowest BCUT2D eigenvalue weighted by atomic mass is 10.2. The number of hydrogen-bond acceptors (Lipinski definition) is 5. The van der Waals surface area contributed by atoms with Crippen LogP contribution in [-0.2, 0) is 17.8 Å². The van der Waals surface area contributed by atoms with Gasteiger partial charge in [0, 0.05) is 13.1 Å². The van der Waals surface area contributed by atoms with Gasteiger partial charge >= 0.3 is 5.97 Å². The maximum absolute atomic E-state index is 11.6. The minimum Gasteiger partial charge on any atom is -0.465 e. The maximum atomic E-state index is 11.6. The molecule has 0 aliphatic rings. The summed E-state index contributed by atoms with van der Waals surface area (Å²) in [5.41, 5.74) is 2.29. The van der Waals surface area contributed by atoms with Gasteiger partial charge in [-0.05, 0) is 57.0 Å². The Morgan fingerprint density at radius 1 is 1.42 bits per heavy atom. The van der Waals surface area contributed by atoms with Crippen LogP contribution in [0.15, 0.2) is 26.7 Å². The van der Waals surface area contributed by atoms with Crippen molar-refractivity contribution in [1.82, 2.24) is 4.90 Å². The number of ether oxygens (including phenoxy) is 1. The molecule has 0 unspecified atom stereocenters. The molecule has 0 N–H and O–H groups in total. The molecule has 2 aromatic rings. The van der Waals surface area contributed by atoms with Gasteiger partial charge in [-0.3, -0.25) is 4.90 Å². The number of thiophene rings is 2. The molecular weight excluding hydrogens is 346 g/mol. The van der Waals surface area contributed by atoms with Crippen LogP contribution < -0.4 is 0 Å². The monoisotopic (exact) mass is 359 g/mol. The van der Waals surface area contributed by atoms with E-state index in [4.69, 9.17) is 4.74 Å². The smallest absolute Gasteiger partial charge is 0.348 e. The lowest BCUT2D eigenvalue weighted by Gasteiger charge is -2.15. The van der Waals surface area contributed by atoms with Crippen LogP contribution in [-0.4, -0.2) is 25.0 Å². The molecule has 0 saturated heterocycles. The summed E-state index contributed by atoms with van der Waals surface area (Å²) in [4.78, 5) is 14.5. The van der Waals surface area contributed by atoms with Crippen molar-refractivity contribution in [3.05, 3.63) is 42.7 Å². The average Bonchev–Trinajstić information content (AvgIpc) is 2.97. The van der Waals surface area contributed by atoms with E-state index < -0.39 is 0 Å². The summed E-state index contributed by atoms with van der Waals surface area (Å²) in [6.45, 7) is 1.60. The molecule has 6 heteroatoms. The predicted molar refractivity (Wildman–Crippen MR) is 82.8 cm³/mol. The van der Waals surface area contributed by atoms with Gasteiger partial charge in [-0.2, -0.15) is 0 Å². The molecule has 3 nitrogen and oxygen atoms in total. The van der Waals surface area contributed by atoms with Gasteiger partial charge in [0.05, 0.1) is 10.9 Å². The SMILES string of the molecule is COC(=O)c1sccc1CN(C)Cc1csc(Br)c1. The standard InChI is InChI=1S/C13H14BrNO2S2/c1-15(6-9-5-11(14)19-8-9)7-10-3-4-18-12(10)13(16)17-2/h3-5,8H,6-7H2,1-2H3. The molecule has 102 valence electrons. The third kappa shape index (κ3) is 3.89. The molecule has 0 aliphatic carbocycles. The summed E-state index contributed by atoms with van der Waals surface area (Å²) in [6.07, 6.45) is 0. The molecule has 2 rings (SSSR count). The second-order valence-corrected chi connectivity index (χ2v) is 7.40. The van der Waals surface area contributed by atoms with Crippen LogP contribution in [0, 0.1) is 0 Å². The molecular formula is C13H14BrNO2S2. The van der Waals surface area contributed by atoms with Crippen molar-refractivity contribution >= 4 is 44.6 Å². The number of carbonyl (C=O) groups excluding carboxylic acids is 1. The van der Waals surface area contributed by atoms with Crippen molar-refractivity contribution < 1.29 is 9.53 Å². The van der Waals surface area contributed by atoms with Gasteiger partial charge in [-0.15, -0.1) is 22.7 Å². The molecule has 0 saturated carbocycles. The van der Waals surface area contributed by atoms with E-state index in [1.165, 1.54) is 24.0 Å². The molecule has 0 aliphatic heterocycles. The first-order valence-corrected chi connectivity index (χ1v) is 8.21. The van der Waals surface area contributed by atoms with E-state index in [1.807, 2.05) is 18.5 Å². The number of nitrogens with zero attached hydrogens (tertiary/aromatic N) is 1. The zero-order chi connectivity index (χ0) is 13.8. The quantitative estimate of drug-likeness (QED) is 0.755. The molecule has 0 fully saturated rings. The Labute approximate surface area is 128 Å². The van der Waals surface area contributed by atoms with Crippen molar-refractivity contribution in [3.8, 4) is 0 Å². The molecule has 0 radical (unpaired) electrons. The first-order chi connectivity index (χ1) is 9.10. The lowest BCUT2D eigenvalue weighted by Crippen LogP contribution is -2.18. The Balaban J connectivity index is 2.01. The van der Waals surface area contributed by atoms with Crippen LogP contribution >= 0.6 is 38.6 Å². The number of rotatable bonds is 5.